The van der Waals surface area contributed by atoms with Gasteiger partial charge in [-0.3, -0.25) is 14.4 Å². The molecule has 0 spiro atoms. The SMILES string of the molecule is CCOC(=O)C1=CC[C@@H](NC(C)=O)[C@H]([C@@H](CCOC(C)=O)OC(C)=O)O1. The van der Waals surface area contributed by atoms with Crippen molar-refractivity contribution in [3.63, 3.8) is 0 Å². The zero-order chi connectivity index (χ0) is 19.7. The lowest BCUT2D eigenvalue weighted by molar-refractivity contribution is -0.160. The number of esters is 3. The summed E-state index contributed by atoms with van der Waals surface area (Å²) in [4.78, 5) is 45.8. The number of amides is 1. The molecule has 1 aliphatic rings. The largest absolute Gasteiger partial charge is 0.477 e. The van der Waals surface area contributed by atoms with Crippen LogP contribution >= 0.6 is 0 Å². The Morgan fingerprint density at radius 1 is 1.19 bits per heavy atom. The van der Waals surface area contributed by atoms with Crippen molar-refractivity contribution in [2.45, 2.75) is 58.8 Å². The minimum absolute atomic E-state index is 0.00160. The highest BCUT2D eigenvalue weighted by Crippen LogP contribution is 2.25. The molecule has 146 valence electrons. The third-order valence-corrected chi connectivity index (χ3v) is 3.47. The lowest BCUT2D eigenvalue weighted by Crippen LogP contribution is -2.52. The van der Waals surface area contributed by atoms with Crippen LogP contribution in [0.25, 0.3) is 0 Å². The number of ether oxygens (including phenoxy) is 4. The maximum atomic E-state index is 11.9. The van der Waals surface area contributed by atoms with Gasteiger partial charge in [-0.2, -0.15) is 0 Å². The van der Waals surface area contributed by atoms with E-state index >= 15 is 0 Å². The molecule has 0 aromatic rings. The van der Waals surface area contributed by atoms with E-state index in [0.29, 0.717) is 6.42 Å². The van der Waals surface area contributed by atoms with Crippen molar-refractivity contribution in [3.8, 4) is 0 Å². The molecule has 0 unspecified atom stereocenters. The molecular weight excluding hydrogens is 346 g/mol. The van der Waals surface area contributed by atoms with Gasteiger partial charge in [0, 0.05) is 27.2 Å². The van der Waals surface area contributed by atoms with Gasteiger partial charge < -0.3 is 24.3 Å². The average Bonchev–Trinajstić information content (AvgIpc) is 2.53. The maximum Gasteiger partial charge on any atom is 0.373 e. The van der Waals surface area contributed by atoms with Crippen LogP contribution < -0.4 is 5.32 Å². The van der Waals surface area contributed by atoms with Crippen molar-refractivity contribution in [2.75, 3.05) is 13.2 Å². The molecule has 0 bridgehead atoms. The number of hydrogen-bond acceptors (Lipinski definition) is 8. The first-order chi connectivity index (χ1) is 12.2. The number of carbonyl (C=O) groups excluding carboxylic acids is 4. The third kappa shape index (κ3) is 7.12. The first-order valence-corrected chi connectivity index (χ1v) is 8.36. The number of hydrogen-bond donors (Lipinski definition) is 1. The predicted octanol–water partition coefficient (Wildman–Crippen LogP) is 0.612. The first kappa shape index (κ1) is 21.5. The van der Waals surface area contributed by atoms with Crippen LogP contribution in [-0.2, 0) is 38.1 Å². The Kier molecular flexibility index (Phi) is 8.60. The van der Waals surface area contributed by atoms with Crippen molar-refractivity contribution in [2.24, 2.45) is 0 Å². The first-order valence-electron chi connectivity index (χ1n) is 8.36. The maximum absolute atomic E-state index is 11.9. The Labute approximate surface area is 152 Å². The molecule has 0 radical (unpaired) electrons. The summed E-state index contributed by atoms with van der Waals surface area (Å²) in [6.07, 6.45) is 0.302. The van der Waals surface area contributed by atoms with Gasteiger partial charge in [-0.1, -0.05) is 0 Å². The summed E-state index contributed by atoms with van der Waals surface area (Å²) in [5.74, 6) is -1.97. The van der Waals surface area contributed by atoms with Crippen molar-refractivity contribution in [1.29, 1.82) is 0 Å². The fourth-order valence-corrected chi connectivity index (χ4v) is 2.54. The lowest BCUT2D eigenvalue weighted by atomic mass is 9.97. The zero-order valence-electron chi connectivity index (χ0n) is 15.4. The molecule has 1 N–H and O–H groups in total. The normalized spacial score (nSPS) is 20.1. The molecule has 0 saturated heterocycles. The van der Waals surface area contributed by atoms with Gasteiger partial charge in [0.15, 0.2) is 6.10 Å². The van der Waals surface area contributed by atoms with E-state index in [-0.39, 0.29) is 31.3 Å². The fraction of sp³-hybridized carbons (Fsp3) is 0.647. The second-order valence-corrected chi connectivity index (χ2v) is 5.69. The van der Waals surface area contributed by atoms with Crippen LogP contribution in [0.1, 0.15) is 40.5 Å². The van der Waals surface area contributed by atoms with E-state index in [1.54, 1.807) is 6.92 Å². The van der Waals surface area contributed by atoms with Crippen molar-refractivity contribution < 1.29 is 38.1 Å². The Morgan fingerprint density at radius 2 is 1.88 bits per heavy atom. The van der Waals surface area contributed by atoms with Gasteiger partial charge in [-0.05, 0) is 19.4 Å². The van der Waals surface area contributed by atoms with Crippen LogP contribution in [-0.4, -0.2) is 55.3 Å². The predicted molar refractivity (Wildman–Crippen MR) is 88.6 cm³/mol. The van der Waals surface area contributed by atoms with E-state index in [9.17, 15) is 19.2 Å². The van der Waals surface area contributed by atoms with Gasteiger partial charge in [0.25, 0.3) is 0 Å². The molecular formula is C17H25NO8. The smallest absolute Gasteiger partial charge is 0.373 e. The lowest BCUT2D eigenvalue weighted by Gasteiger charge is -2.36. The van der Waals surface area contributed by atoms with Gasteiger partial charge in [0.2, 0.25) is 11.7 Å². The second-order valence-electron chi connectivity index (χ2n) is 5.69. The van der Waals surface area contributed by atoms with E-state index in [1.807, 2.05) is 0 Å². The minimum Gasteiger partial charge on any atom is -0.477 e. The molecule has 0 aromatic carbocycles. The average molecular weight is 371 g/mol. The van der Waals surface area contributed by atoms with E-state index in [4.69, 9.17) is 18.9 Å². The summed E-state index contributed by atoms with van der Waals surface area (Å²) in [5, 5.41) is 2.72. The molecule has 3 atom stereocenters. The molecule has 1 rings (SSSR count). The van der Waals surface area contributed by atoms with E-state index in [1.165, 1.54) is 26.8 Å². The number of rotatable bonds is 8. The topological polar surface area (TPSA) is 117 Å². The molecule has 1 amide bonds. The van der Waals surface area contributed by atoms with Crippen LogP contribution in [0, 0.1) is 0 Å². The summed E-state index contributed by atoms with van der Waals surface area (Å²) < 4.78 is 20.8. The Balaban J connectivity index is 2.99. The highest BCUT2D eigenvalue weighted by atomic mass is 16.6. The van der Waals surface area contributed by atoms with E-state index < -0.39 is 36.2 Å². The Morgan fingerprint density at radius 3 is 2.42 bits per heavy atom. The molecule has 0 aromatic heterocycles. The molecule has 9 nitrogen and oxygen atoms in total. The molecule has 0 saturated carbocycles. The zero-order valence-corrected chi connectivity index (χ0v) is 15.4. The molecule has 26 heavy (non-hydrogen) atoms. The fourth-order valence-electron chi connectivity index (χ4n) is 2.54. The van der Waals surface area contributed by atoms with Gasteiger partial charge >= 0.3 is 17.9 Å². The van der Waals surface area contributed by atoms with E-state index in [0.717, 1.165) is 0 Å². The molecule has 1 heterocycles. The highest BCUT2D eigenvalue weighted by molar-refractivity contribution is 5.86. The number of carbonyl (C=O) groups is 4. The van der Waals surface area contributed by atoms with Crippen LogP contribution in [0.5, 0.6) is 0 Å². The van der Waals surface area contributed by atoms with Crippen LogP contribution in [0.3, 0.4) is 0 Å². The summed E-state index contributed by atoms with van der Waals surface area (Å²) in [6.45, 7) is 5.69. The van der Waals surface area contributed by atoms with Gasteiger partial charge in [0.1, 0.15) is 6.10 Å². The summed E-state index contributed by atoms with van der Waals surface area (Å²) in [7, 11) is 0. The van der Waals surface area contributed by atoms with Crippen LogP contribution in [0.2, 0.25) is 0 Å². The summed E-state index contributed by atoms with van der Waals surface area (Å²) in [6, 6.07) is -0.521. The minimum atomic E-state index is -0.832. The summed E-state index contributed by atoms with van der Waals surface area (Å²) in [5.41, 5.74) is 0. The number of nitrogens with one attached hydrogen (secondary N) is 1. The third-order valence-electron chi connectivity index (χ3n) is 3.47. The molecule has 1 aliphatic heterocycles. The van der Waals surface area contributed by atoms with Gasteiger partial charge in [-0.15, -0.1) is 0 Å². The van der Waals surface area contributed by atoms with Crippen molar-refractivity contribution in [3.05, 3.63) is 11.8 Å². The molecule has 9 heteroatoms. The monoisotopic (exact) mass is 371 g/mol. The van der Waals surface area contributed by atoms with Crippen molar-refractivity contribution in [1.82, 2.24) is 5.32 Å². The van der Waals surface area contributed by atoms with Crippen LogP contribution in [0.4, 0.5) is 0 Å². The van der Waals surface area contributed by atoms with Crippen LogP contribution in [0.15, 0.2) is 11.8 Å². The highest BCUT2D eigenvalue weighted by Gasteiger charge is 2.38. The quantitative estimate of drug-likeness (QED) is 0.487. The standard InChI is InChI=1S/C17H25NO8/c1-5-23-17(22)15-7-6-13(18-10(2)19)16(26-15)14(25-12(4)21)8-9-24-11(3)20/h7,13-14,16H,5-6,8-9H2,1-4H3,(H,18,19)/t13-,14-,16-/m1/s1. The Bertz CT molecular complexity index is 571. The molecule has 0 fully saturated rings. The summed E-state index contributed by atoms with van der Waals surface area (Å²) >= 11 is 0. The second kappa shape index (κ2) is 10.4. The van der Waals surface area contributed by atoms with Gasteiger partial charge in [0.05, 0.1) is 19.3 Å². The van der Waals surface area contributed by atoms with E-state index in [2.05, 4.69) is 5.32 Å². The molecule has 0 aliphatic carbocycles. The van der Waals surface area contributed by atoms with Gasteiger partial charge in [-0.25, -0.2) is 4.79 Å². The Hall–Kier alpha value is -2.58. The van der Waals surface area contributed by atoms with Crippen molar-refractivity contribution >= 4 is 23.8 Å².